The molecule has 0 aromatic heterocycles. The van der Waals surface area contributed by atoms with Gasteiger partial charge in [-0.1, -0.05) is 0 Å². The van der Waals surface area contributed by atoms with Crippen molar-refractivity contribution in [2.24, 2.45) is 5.92 Å². The molecule has 6 heteroatoms. The second-order valence-electron chi connectivity index (χ2n) is 5.13. The molecule has 1 rings (SSSR count). The normalized spacial score (nSPS) is 24.1. The van der Waals surface area contributed by atoms with Crippen LogP contribution in [0.3, 0.4) is 0 Å². The molecule has 2 amide bonds. The average molecular weight is 257 g/mol. The van der Waals surface area contributed by atoms with Gasteiger partial charge in [0.1, 0.15) is 0 Å². The lowest BCUT2D eigenvalue weighted by Crippen LogP contribution is -2.52. The van der Waals surface area contributed by atoms with E-state index < -0.39 is 11.9 Å². The van der Waals surface area contributed by atoms with Crippen molar-refractivity contribution in [3.05, 3.63) is 0 Å². The molecule has 0 aromatic rings. The van der Waals surface area contributed by atoms with Crippen LogP contribution in [0.1, 0.15) is 26.7 Å². The van der Waals surface area contributed by atoms with E-state index in [2.05, 4.69) is 15.5 Å². The SMILES string of the molecule is CC(NC(=O)NC1CCCN(C)C1)C(C)C(=O)O. The predicted octanol–water partition coefficient (Wildman–Crippen LogP) is 0.489. The number of likely N-dealkylation sites (N-methyl/N-ethyl adjacent to an activating group) is 1. The number of hydrogen-bond donors (Lipinski definition) is 3. The van der Waals surface area contributed by atoms with Gasteiger partial charge < -0.3 is 20.6 Å². The van der Waals surface area contributed by atoms with Gasteiger partial charge in [0.15, 0.2) is 0 Å². The van der Waals surface area contributed by atoms with Crippen LogP contribution < -0.4 is 10.6 Å². The number of likely N-dealkylation sites (tertiary alicyclic amines) is 1. The fourth-order valence-electron chi connectivity index (χ4n) is 2.06. The van der Waals surface area contributed by atoms with E-state index in [0.717, 1.165) is 25.9 Å². The Kier molecular flexibility index (Phi) is 5.40. The molecule has 3 unspecified atom stereocenters. The monoisotopic (exact) mass is 257 g/mol. The number of carboxylic acids is 1. The quantitative estimate of drug-likeness (QED) is 0.684. The maximum Gasteiger partial charge on any atom is 0.315 e. The molecule has 1 saturated heterocycles. The molecule has 1 aliphatic rings. The smallest absolute Gasteiger partial charge is 0.315 e. The van der Waals surface area contributed by atoms with E-state index in [1.807, 2.05) is 7.05 Å². The number of rotatable bonds is 4. The first-order valence-electron chi connectivity index (χ1n) is 6.38. The first-order valence-corrected chi connectivity index (χ1v) is 6.38. The molecular formula is C12H23N3O3. The summed E-state index contributed by atoms with van der Waals surface area (Å²) >= 11 is 0. The second kappa shape index (κ2) is 6.58. The van der Waals surface area contributed by atoms with Gasteiger partial charge in [-0.2, -0.15) is 0 Å². The van der Waals surface area contributed by atoms with Crippen LogP contribution in [-0.2, 0) is 4.79 Å². The number of urea groups is 1. The van der Waals surface area contributed by atoms with Gasteiger partial charge in [0.25, 0.3) is 0 Å². The first kappa shape index (κ1) is 14.8. The van der Waals surface area contributed by atoms with E-state index in [4.69, 9.17) is 5.11 Å². The Labute approximate surface area is 108 Å². The van der Waals surface area contributed by atoms with Gasteiger partial charge in [0, 0.05) is 18.6 Å². The Balaban J connectivity index is 2.34. The highest BCUT2D eigenvalue weighted by Gasteiger charge is 2.23. The largest absolute Gasteiger partial charge is 0.481 e. The number of carbonyl (C=O) groups is 2. The van der Waals surface area contributed by atoms with Crippen LogP contribution in [0.2, 0.25) is 0 Å². The van der Waals surface area contributed by atoms with Crippen molar-refractivity contribution in [1.82, 2.24) is 15.5 Å². The summed E-state index contributed by atoms with van der Waals surface area (Å²) in [5.74, 6) is -1.50. The molecule has 3 N–H and O–H groups in total. The summed E-state index contributed by atoms with van der Waals surface area (Å²) in [6.45, 7) is 5.19. The molecule has 1 fully saturated rings. The van der Waals surface area contributed by atoms with Crippen LogP contribution in [0.25, 0.3) is 0 Å². The molecule has 1 aliphatic heterocycles. The molecule has 1 heterocycles. The van der Waals surface area contributed by atoms with Crippen molar-refractivity contribution < 1.29 is 14.7 Å². The summed E-state index contributed by atoms with van der Waals surface area (Å²) < 4.78 is 0. The fraction of sp³-hybridized carbons (Fsp3) is 0.833. The molecule has 3 atom stereocenters. The summed E-state index contributed by atoms with van der Waals surface area (Å²) in [6.07, 6.45) is 2.04. The lowest BCUT2D eigenvalue weighted by Gasteiger charge is -2.30. The molecule has 0 saturated carbocycles. The third-order valence-corrected chi connectivity index (χ3v) is 3.46. The number of carbonyl (C=O) groups excluding carboxylic acids is 1. The molecular weight excluding hydrogens is 234 g/mol. The zero-order valence-electron chi connectivity index (χ0n) is 11.3. The summed E-state index contributed by atoms with van der Waals surface area (Å²) in [6, 6.07) is -0.518. The van der Waals surface area contributed by atoms with Gasteiger partial charge in [-0.05, 0) is 40.3 Å². The summed E-state index contributed by atoms with van der Waals surface area (Å²) in [5.41, 5.74) is 0. The average Bonchev–Trinajstić information content (AvgIpc) is 2.27. The molecule has 0 radical (unpaired) electrons. The lowest BCUT2D eigenvalue weighted by atomic mass is 10.0. The minimum atomic E-state index is -0.903. The highest BCUT2D eigenvalue weighted by atomic mass is 16.4. The third kappa shape index (κ3) is 4.52. The minimum absolute atomic E-state index is 0.149. The van der Waals surface area contributed by atoms with E-state index in [1.165, 1.54) is 0 Å². The molecule has 6 nitrogen and oxygen atoms in total. The summed E-state index contributed by atoms with van der Waals surface area (Å²) in [4.78, 5) is 24.7. The number of piperidine rings is 1. The van der Waals surface area contributed by atoms with Crippen molar-refractivity contribution in [1.29, 1.82) is 0 Å². The maximum absolute atomic E-state index is 11.7. The molecule has 0 aliphatic carbocycles. The topological polar surface area (TPSA) is 81.7 Å². The Bertz CT molecular complexity index is 309. The van der Waals surface area contributed by atoms with Crippen LogP contribution in [0.4, 0.5) is 4.79 Å². The molecule has 18 heavy (non-hydrogen) atoms. The standard InChI is InChI=1S/C12H23N3O3/c1-8(11(16)17)9(2)13-12(18)14-10-5-4-6-15(3)7-10/h8-10H,4-7H2,1-3H3,(H,16,17)(H2,13,14,18). The van der Waals surface area contributed by atoms with Gasteiger partial charge >= 0.3 is 12.0 Å². The predicted molar refractivity (Wildman–Crippen MR) is 68.4 cm³/mol. The van der Waals surface area contributed by atoms with E-state index >= 15 is 0 Å². The number of nitrogens with zero attached hydrogens (tertiary/aromatic N) is 1. The number of carboxylic acid groups (broad SMARTS) is 1. The zero-order chi connectivity index (χ0) is 13.7. The van der Waals surface area contributed by atoms with E-state index in [0.29, 0.717) is 0 Å². The zero-order valence-corrected chi connectivity index (χ0v) is 11.3. The summed E-state index contributed by atoms with van der Waals surface area (Å²) in [7, 11) is 2.03. The Morgan fingerprint density at radius 1 is 1.39 bits per heavy atom. The van der Waals surface area contributed by atoms with Crippen molar-refractivity contribution >= 4 is 12.0 Å². The Morgan fingerprint density at radius 2 is 2.06 bits per heavy atom. The highest BCUT2D eigenvalue weighted by Crippen LogP contribution is 2.08. The number of hydrogen-bond acceptors (Lipinski definition) is 3. The van der Waals surface area contributed by atoms with Crippen molar-refractivity contribution in [3.8, 4) is 0 Å². The number of amides is 2. The number of nitrogens with one attached hydrogen (secondary N) is 2. The van der Waals surface area contributed by atoms with Crippen LogP contribution in [0.15, 0.2) is 0 Å². The highest BCUT2D eigenvalue weighted by molar-refractivity contribution is 5.76. The van der Waals surface area contributed by atoms with Crippen molar-refractivity contribution in [3.63, 3.8) is 0 Å². The molecule has 0 aromatic carbocycles. The van der Waals surface area contributed by atoms with Gasteiger partial charge in [-0.25, -0.2) is 4.79 Å². The Hall–Kier alpha value is -1.30. The Morgan fingerprint density at radius 3 is 2.61 bits per heavy atom. The van der Waals surface area contributed by atoms with Gasteiger partial charge in [0.2, 0.25) is 0 Å². The first-order chi connectivity index (χ1) is 8.40. The molecule has 0 bridgehead atoms. The van der Waals surface area contributed by atoms with E-state index in [-0.39, 0.29) is 18.1 Å². The van der Waals surface area contributed by atoms with Gasteiger partial charge in [-0.15, -0.1) is 0 Å². The molecule has 0 spiro atoms. The van der Waals surface area contributed by atoms with Crippen LogP contribution in [0, 0.1) is 5.92 Å². The van der Waals surface area contributed by atoms with E-state index in [9.17, 15) is 9.59 Å². The number of aliphatic carboxylic acids is 1. The fourth-order valence-corrected chi connectivity index (χ4v) is 2.06. The van der Waals surface area contributed by atoms with Crippen LogP contribution >= 0.6 is 0 Å². The molecule has 104 valence electrons. The summed E-state index contributed by atoms with van der Waals surface area (Å²) in [5, 5.41) is 14.4. The third-order valence-electron chi connectivity index (χ3n) is 3.46. The van der Waals surface area contributed by atoms with Crippen molar-refractivity contribution in [2.75, 3.05) is 20.1 Å². The van der Waals surface area contributed by atoms with Gasteiger partial charge in [-0.3, -0.25) is 4.79 Å². The van der Waals surface area contributed by atoms with E-state index in [1.54, 1.807) is 13.8 Å². The minimum Gasteiger partial charge on any atom is -0.481 e. The van der Waals surface area contributed by atoms with Crippen LogP contribution in [-0.4, -0.2) is 54.2 Å². The van der Waals surface area contributed by atoms with Crippen molar-refractivity contribution in [2.45, 2.75) is 38.8 Å². The maximum atomic E-state index is 11.7. The van der Waals surface area contributed by atoms with Crippen LogP contribution in [0.5, 0.6) is 0 Å². The second-order valence-corrected chi connectivity index (χ2v) is 5.13. The lowest BCUT2D eigenvalue weighted by molar-refractivity contribution is -0.141. The van der Waals surface area contributed by atoms with Gasteiger partial charge in [0.05, 0.1) is 5.92 Å².